The summed E-state index contributed by atoms with van der Waals surface area (Å²) < 4.78 is 0. The molecule has 0 aliphatic carbocycles. The number of piperidine rings is 1. The quantitative estimate of drug-likeness (QED) is 0.850. The van der Waals surface area contributed by atoms with Crippen molar-refractivity contribution in [2.45, 2.75) is 25.3 Å². The third-order valence-electron chi connectivity index (χ3n) is 4.00. The minimum absolute atomic E-state index is 0.0658. The second-order valence-electron chi connectivity index (χ2n) is 5.90. The molecule has 1 aliphatic heterocycles. The second kappa shape index (κ2) is 7.04. The molecular formula is C16H19N5O2S. The average Bonchev–Trinajstić information content (AvgIpc) is 3.11. The van der Waals surface area contributed by atoms with Crippen LogP contribution in [0.2, 0.25) is 0 Å². The van der Waals surface area contributed by atoms with Gasteiger partial charge in [0, 0.05) is 33.0 Å². The van der Waals surface area contributed by atoms with Gasteiger partial charge in [-0.15, -0.1) is 11.3 Å². The summed E-state index contributed by atoms with van der Waals surface area (Å²) in [7, 11) is 3.43. The molecule has 0 aromatic carbocycles. The van der Waals surface area contributed by atoms with Crippen molar-refractivity contribution < 1.29 is 9.59 Å². The summed E-state index contributed by atoms with van der Waals surface area (Å²) in [6.07, 6.45) is 8.92. The van der Waals surface area contributed by atoms with Gasteiger partial charge >= 0.3 is 0 Å². The molecule has 1 fully saturated rings. The Kier molecular flexibility index (Phi) is 4.84. The molecule has 1 saturated heterocycles. The molecule has 24 heavy (non-hydrogen) atoms. The molecule has 3 heterocycles. The number of likely N-dealkylation sites (tertiary alicyclic amines) is 1. The van der Waals surface area contributed by atoms with Crippen molar-refractivity contribution in [3.05, 3.63) is 40.4 Å². The van der Waals surface area contributed by atoms with E-state index in [0.29, 0.717) is 17.0 Å². The summed E-state index contributed by atoms with van der Waals surface area (Å²) in [4.78, 5) is 41.1. The Hall–Kier alpha value is -2.35. The van der Waals surface area contributed by atoms with Crippen molar-refractivity contribution in [3.63, 3.8) is 0 Å². The molecule has 0 unspecified atom stereocenters. The Balaban J connectivity index is 1.85. The van der Waals surface area contributed by atoms with E-state index in [1.165, 1.54) is 35.0 Å². The highest BCUT2D eigenvalue weighted by atomic mass is 32.1. The molecule has 7 nitrogen and oxygen atoms in total. The molecule has 0 saturated carbocycles. The highest BCUT2D eigenvalue weighted by Crippen LogP contribution is 2.34. The van der Waals surface area contributed by atoms with Gasteiger partial charge in [-0.1, -0.05) is 0 Å². The van der Waals surface area contributed by atoms with Gasteiger partial charge in [0.25, 0.3) is 11.8 Å². The zero-order valence-corrected chi connectivity index (χ0v) is 14.5. The van der Waals surface area contributed by atoms with Gasteiger partial charge in [0.15, 0.2) is 0 Å². The molecule has 3 rings (SSSR count). The highest BCUT2D eigenvalue weighted by molar-refractivity contribution is 7.13. The number of hydrogen-bond donors (Lipinski definition) is 0. The lowest BCUT2D eigenvalue weighted by Crippen LogP contribution is -2.38. The lowest BCUT2D eigenvalue weighted by Gasteiger charge is -2.34. The van der Waals surface area contributed by atoms with Crippen LogP contribution >= 0.6 is 11.3 Å². The van der Waals surface area contributed by atoms with Gasteiger partial charge in [-0.2, -0.15) is 0 Å². The van der Waals surface area contributed by atoms with Gasteiger partial charge in [-0.25, -0.2) is 15.0 Å². The maximum absolute atomic E-state index is 12.8. The lowest BCUT2D eigenvalue weighted by molar-refractivity contribution is 0.0610. The molecule has 0 radical (unpaired) electrons. The van der Waals surface area contributed by atoms with E-state index in [9.17, 15) is 9.59 Å². The van der Waals surface area contributed by atoms with E-state index in [1.807, 2.05) is 4.90 Å². The second-order valence-corrected chi connectivity index (χ2v) is 6.96. The van der Waals surface area contributed by atoms with Gasteiger partial charge < -0.3 is 9.80 Å². The smallest absolute Gasteiger partial charge is 0.265 e. The summed E-state index contributed by atoms with van der Waals surface area (Å²) in [5.74, 6) is -0.153. The Labute approximate surface area is 144 Å². The van der Waals surface area contributed by atoms with Crippen LogP contribution in [0.3, 0.4) is 0 Å². The van der Waals surface area contributed by atoms with Crippen LogP contribution in [0.15, 0.2) is 24.9 Å². The van der Waals surface area contributed by atoms with E-state index in [-0.39, 0.29) is 17.9 Å². The van der Waals surface area contributed by atoms with Gasteiger partial charge in [0.1, 0.15) is 16.2 Å². The Morgan fingerprint density at radius 3 is 2.67 bits per heavy atom. The predicted octanol–water partition coefficient (Wildman–Crippen LogP) is 2.00. The van der Waals surface area contributed by atoms with Crippen molar-refractivity contribution in [1.82, 2.24) is 24.8 Å². The molecular weight excluding hydrogens is 326 g/mol. The van der Waals surface area contributed by atoms with Gasteiger partial charge in [0.05, 0.1) is 17.8 Å². The monoisotopic (exact) mass is 345 g/mol. The summed E-state index contributed by atoms with van der Waals surface area (Å²) in [6, 6.07) is -0.0971. The Morgan fingerprint density at radius 2 is 1.96 bits per heavy atom. The minimum Gasteiger partial charge on any atom is -0.344 e. The van der Waals surface area contributed by atoms with Crippen molar-refractivity contribution >= 4 is 23.2 Å². The Morgan fingerprint density at radius 1 is 1.21 bits per heavy atom. The van der Waals surface area contributed by atoms with E-state index < -0.39 is 0 Å². The summed E-state index contributed by atoms with van der Waals surface area (Å²) >= 11 is 1.36. The molecule has 2 amide bonds. The third kappa shape index (κ3) is 3.28. The van der Waals surface area contributed by atoms with E-state index in [1.54, 1.807) is 20.3 Å². The van der Waals surface area contributed by atoms with Crippen LogP contribution in [-0.2, 0) is 0 Å². The van der Waals surface area contributed by atoms with Crippen LogP contribution in [0.5, 0.6) is 0 Å². The molecule has 8 heteroatoms. The van der Waals surface area contributed by atoms with E-state index >= 15 is 0 Å². The first-order valence-electron chi connectivity index (χ1n) is 7.81. The number of amides is 2. The fourth-order valence-electron chi connectivity index (χ4n) is 2.77. The first kappa shape index (κ1) is 16.5. The predicted molar refractivity (Wildman–Crippen MR) is 89.8 cm³/mol. The summed E-state index contributed by atoms with van der Waals surface area (Å²) in [5, 5.41) is 0.810. The van der Waals surface area contributed by atoms with Crippen LogP contribution in [0, 0.1) is 0 Å². The van der Waals surface area contributed by atoms with E-state index in [4.69, 9.17) is 0 Å². The number of rotatable bonds is 3. The molecule has 1 aliphatic rings. The van der Waals surface area contributed by atoms with Crippen LogP contribution in [-0.4, -0.2) is 57.2 Å². The fraction of sp³-hybridized carbons (Fsp3) is 0.438. The largest absolute Gasteiger partial charge is 0.344 e. The zero-order valence-electron chi connectivity index (χ0n) is 13.7. The van der Waals surface area contributed by atoms with Crippen molar-refractivity contribution in [1.29, 1.82) is 0 Å². The highest BCUT2D eigenvalue weighted by Gasteiger charge is 2.31. The minimum atomic E-state index is -0.0971. The maximum Gasteiger partial charge on any atom is 0.265 e. The number of nitrogens with zero attached hydrogens (tertiary/aromatic N) is 5. The zero-order chi connectivity index (χ0) is 17.1. The standard InChI is InChI=1S/C16H19N5O2S/c1-20(2)16(23)13-9-19-14(24-13)12-5-3-4-6-21(12)15(22)11-7-17-10-18-8-11/h7-10,12H,3-6H2,1-2H3/t12-/m1/s1. The average molecular weight is 345 g/mol. The number of carbonyl (C=O) groups is 2. The summed E-state index contributed by atoms with van der Waals surface area (Å²) in [5.41, 5.74) is 0.477. The molecule has 2 aromatic rings. The van der Waals surface area contributed by atoms with Gasteiger partial charge in [0.2, 0.25) is 0 Å². The number of thiazole rings is 1. The molecule has 0 N–H and O–H groups in total. The number of carbonyl (C=O) groups excluding carboxylic acids is 2. The SMILES string of the molecule is CN(C)C(=O)c1cnc([C@H]2CCCCN2C(=O)c2cncnc2)s1. The number of aromatic nitrogens is 3. The molecule has 126 valence electrons. The first-order chi connectivity index (χ1) is 11.6. The van der Waals surface area contributed by atoms with Crippen molar-refractivity contribution in [3.8, 4) is 0 Å². The van der Waals surface area contributed by atoms with Crippen molar-refractivity contribution in [2.24, 2.45) is 0 Å². The van der Waals surface area contributed by atoms with Crippen LogP contribution < -0.4 is 0 Å². The third-order valence-corrected chi connectivity index (χ3v) is 5.08. The molecule has 0 bridgehead atoms. The van der Waals surface area contributed by atoms with E-state index in [2.05, 4.69) is 15.0 Å². The molecule has 1 atom stereocenters. The Bertz CT molecular complexity index is 731. The van der Waals surface area contributed by atoms with Crippen LogP contribution in [0.4, 0.5) is 0 Å². The fourth-order valence-corrected chi connectivity index (χ4v) is 3.85. The molecule has 2 aromatic heterocycles. The lowest BCUT2D eigenvalue weighted by atomic mass is 10.0. The van der Waals surface area contributed by atoms with Crippen molar-refractivity contribution in [2.75, 3.05) is 20.6 Å². The van der Waals surface area contributed by atoms with Gasteiger partial charge in [-0.05, 0) is 19.3 Å². The van der Waals surface area contributed by atoms with Gasteiger partial charge in [-0.3, -0.25) is 9.59 Å². The maximum atomic E-state index is 12.8. The normalized spacial score (nSPS) is 17.6. The topological polar surface area (TPSA) is 79.3 Å². The summed E-state index contributed by atoms with van der Waals surface area (Å²) in [6.45, 7) is 0.676. The first-order valence-corrected chi connectivity index (χ1v) is 8.63. The number of hydrogen-bond acceptors (Lipinski definition) is 6. The van der Waals surface area contributed by atoms with E-state index in [0.717, 1.165) is 24.3 Å². The van der Waals surface area contributed by atoms with Crippen LogP contribution in [0.25, 0.3) is 0 Å². The van der Waals surface area contributed by atoms with Crippen LogP contribution in [0.1, 0.15) is 50.3 Å². The molecule has 0 spiro atoms.